The molecule has 4 rings (SSSR count). The molecule has 0 unspecified atom stereocenters. The van der Waals surface area contributed by atoms with Crippen molar-refractivity contribution in [1.29, 1.82) is 0 Å². The van der Waals surface area contributed by atoms with Crippen molar-refractivity contribution >= 4 is 35.0 Å². The minimum atomic E-state index is -2.29. The molecule has 0 saturated carbocycles. The molecule has 0 radical (unpaired) electrons. The second-order valence-corrected chi connectivity index (χ2v) is 11.3. The Morgan fingerprint density at radius 1 is 0.706 bits per heavy atom. The number of rotatable bonds is 7. The normalized spacial score (nSPS) is 11.5. The van der Waals surface area contributed by atoms with Crippen molar-refractivity contribution in [3.05, 3.63) is 145 Å². The lowest BCUT2D eigenvalue weighted by atomic mass is 10.3. The summed E-state index contributed by atoms with van der Waals surface area (Å²) in [5.74, 6) is 0.477. The first kappa shape index (κ1) is 23.2. The summed E-state index contributed by atoms with van der Waals surface area (Å²) in [5, 5.41) is 7.23. The molecule has 0 atom stereocenters. The smallest absolute Gasteiger partial charge is 0.415 e. The lowest BCUT2D eigenvalue weighted by Gasteiger charge is -2.28. The van der Waals surface area contributed by atoms with E-state index in [0.717, 1.165) is 5.31 Å². The molecular formula is C30H27NO2P+. The quantitative estimate of drug-likeness (QED) is 0.189. The largest absolute Gasteiger partial charge is 0.416 e. The van der Waals surface area contributed by atoms with Crippen LogP contribution in [0.2, 0.25) is 0 Å². The Hall–Kier alpha value is -3.94. The molecule has 0 spiro atoms. The minimum Gasteiger partial charge on any atom is -0.415 e. The molecule has 0 aliphatic rings. The van der Waals surface area contributed by atoms with Crippen LogP contribution in [-0.2, 0) is 4.74 Å². The highest BCUT2D eigenvalue weighted by Crippen LogP contribution is 2.62. The van der Waals surface area contributed by atoms with Gasteiger partial charge in [0, 0.05) is 11.8 Å². The minimum absolute atomic E-state index is 0.477. The Bertz CT molecular complexity index is 1170. The predicted molar refractivity (Wildman–Crippen MR) is 145 cm³/mol. The molecule has 1 N–H and O–H groups in total. The highest BCUT2D eigenvalue weighted by molar-refractivity contribution is 7.99. The molecule has 4 aromatic carbocycles. The number of carbonyl (C=O) groups is 1. The van der Waals surface area contributed by atoms with Gasteiger partial charge in [-0.15, -0.1) is 0 Å². The van der Waals surface area contributed by atoms with Gasteiger partial charge in [-0.2, -0.15) is 0 Å². The molecule has 168 valence electrons. The number of anilines is 1. The maximum atomic E-state index is 12.5. The van der Waals surface area contributed by atoms with Gasteiger partial charge < -0.3 is 4.74 Å². The van der Waals surface area contributed by atoms with E-state index in [-0.39, 0.29) is 0 Å². The van der Waals surface area contributed by atoms with E-state index in [2.05, 4.69) is 84.7 Å². The molecule has 0 aliphatic heterocycles. The highest BCUT2D eigenvalue weighted by atomic mass is 31.2. The van der Waals surface area contributed by atoms with Crippen molar-refractivity contribution in [1.82, 2.24) is 0 Å². The van der Waals surface area contributed by atoms with Crippen LogP contribution < -0.4 is 21.2 Å². The number of para-hydroxylation sites is 1. The number of nitrogens with one attached hydrogen (secondary N) is 1. The van der Waals surface area contributed by atoms with Crippen LogP contribution in [0.3, 0.4) is 0 Å². The molecule has 0 aliphatic carbocycles. The van der Waals surface area contributed by atoms with Crippen molar-refractivity contribution in [3.63, 3.8) is 0 Å². The zero-order valence-electron chi connectivity index (χ0n) is 19.1. The van der Waals surface area contributed by atoms with Gasteiger partial charge in [-0.1, -0.05) is 79.4 Å². The maximum Gasteiger partial charge on any atom is 0.416 e. The lowest BCUT2D eigenvalue weighted by Crippen LogP contribution is -2.31. The zero-order chi connectivity index (χ0) is 23.8. The Morgan fingerprint density at radius 3 is 1.50 bits per heavy atom. The number of ether oxygens (including phenoxy) is 1. The van der Waals surface area contributed by atoms with Gasteiger partial charge in [0.05, 0.1) is 0 Å². The van der Waals surface area contributed by atoms with Gasteiger partial charge in [-0.25, -0.2) is 4.79 Å². The molecule has 4 heteroatoms. The molecule has 0 heterocycles. The van der Waals surface area contributed by atoms with E-state index in [4.69, 9.17) is 4.74 Å². The summed E-state index contributed by atoms with van der Waals surface area (Å²) < 4.78 is 5.60. The van der Waals surface area contributed by atoms with Crippen LogP contribution in [0, 0.1) is 0 Å². The number of carbonyl (C=O) groups excluding carboxylic acids is 1. The molecule has 3 nitrogen and oxygen atoms in total. The molecule has 34 heavy (non-hydrogen) atoms. The molecule has 1 amide bonds. The van der Waals surface area contributed by atoms with Gasteiger partial charge in [0.2, 0.25) is 0 Å². The molecular weight excluding hydrogens is 437 g/mol. The average molecular weight is 465 g/mol. The Morgan fingerprint density at radius 2 is 1.09 bits per heavy atom. The summed E-state index contributed by atoms with van der Waals surface area (Å²) >= 11 is 0. The zero-order valence-corrected chi connectivity index (χ0v) is 20.0. The van der Waals surface area contributed by atoms with Gasteiger partial charge in [0.1, 0.15) is 34.2 Å². The number of allylic oxidation sites excluding steroid dienone is 3. The van der Waals surface area contributed by atoms with Crippen LogP contribution in [0.1, 0.15) is 6.92 Å². The first-order chi connectivity index (χ1) is 16.6. The third kappa shape index (κ3) is 5.01. The van der Waals surface area contributed by atoms with Crippen molar-refractivity contribution in [3.8, 4) is 0 Å². The number of hydrogen-bond donors (Lipinski definition) is 1. The number of amides is 1. The molecule has 4 aromatic rings. The van der Waals surface area contributed by atoms with Gasteiger partial charge in [0.15, 0.2) is 0 Å². The fourth-order valence-corrected chi connectivity index (χ4v) is 8.19. The summed E-state index contributed by atoms with van der Waals surface area (Å²) in [6.45, 7) is 6.33. The van der Waals surface area contributed by atoms with Crippen molar-refractivity contribution < 1.29 is 9.53 Å². The Balaban J connectivity index is 1.76. The SMILES string of the molecule is C=C(/C=C(\C)OC(=O)Nc1ccccc1)[P+](c1ccccc1)(c1ccccc1)c1ccccc1. The second-order valence-electron chi connectivity index (χ2n) is 7.80. The predicted octanol–water partition coefficient (Wildman–Crippen LogP) is 6.65. The summed E-state index contributed by atoms with van der Waals surface area (Å²) in [4.78, 5) is 12.5. The standard InChI is InChI=1S/C30H26NO2P/c1-24(33-30(32)31-26-15-7-3-8-16-26)23-25(2)34(27-17-9-4-10-18-27,28-19-11-5-12-20-28)29-21-13-6-14-22-29/h3-23H,2H2,1H3/p+1/b24-23+. The fourth-order valence-electron chi connectivity index (χ4n) is 4.07. The van der Waals surface area contributed by atoms with Crippen LogP contribution in [0.25, 0.3) is 0 Å². The summed E-state index contributed by atoms with van der Waals surface area (Å²) in [6.07, 6.45) is 1.36. The van der Waals surface area contributed by atoms with Crippen LogP contribution in [0.4, 0.5) is 10.5 Å². The maximum absolute atomic E-state index is 12.5. The Labute approximate surface area is 201 Å². The van der Waals surface area contributed by atoms with E-state index >= 15 is 0 Å². The molecule has 0 saturated heterocycles. The summed E-state index contributed by atoms with van der Waals surface area (Å²) in [7, 11) is -2.29. The van der Waals surface area contributed by atoms with Crippen LogP contribution >= 0.6 is 7.26 Å². The van der Waals surface area contributed by atoms with Crippen molar-refractivity contribution in [2.45, 2.75) is 6.92 Å². The van der Waals surface area contributed by atoms with Crippen LogP contribution in [0.5, 0.6) is 0 Å². The van der Waals surface area contributed by atoms with E-state index < -0.39 is 13.4 Å². The lowest BCUT2D eigenvalue weighted by molar-refractivity contribution is 0.192. The van der Waals surface area contributed by atoms with Crippen molar-refractivity contribution in [2.24, 2.45) is 0 Å². The van der Waals surface area contributed by atoms with E-state index in [1.54, 1.807) is 6.92 Å². The van der Waals surface area contributed by atoms with Gasteiger partial charge in [-0.3, -0.25) is 5.32 Å². The van der Waals surface area contributed by atoms with Crippen molar-refractivity contribution in [2.75, 3.05) is 5.32 Å². The number of hydrogen-bond acceptors (Lipinski definition) is 2. The van der Waals surface area contributed by atoms with Crippen LogP contribution in [-0.4, -0.2) is 6.09 Å². The molecule has 0 aromatic heterocycles. The molecule has 0 fully saturated rings. The van der Waals surface area contributed by atoms with Gasteiger partial charge >= 0.3 is 6.09 Å². The third-order valence-electron chi connectivity index (χ3n) is 5.51. The van der Waals surface area contributed by atoms with E-state index in [1.807, 2.05) is 54.6 Å². The molecule has 0 bridgehead atoms. The first-order valence-corrected chi connectivity index (χ1v) is 12.9. The number of benzene rings is 4. The average Bonchev–Trinajstić information content (AvgIpc) is 2.87. The summed E-state index contributed by atoms with van der Waals surface area (Å²) in [5.41, 5.74) is 0.679. The van der Waals surface area contributed by atoms with Gasteiger partial charge in [0.25, 0.3) is 0 Å². The second kappa shape index (κ2) is 10.8. The third-order valence-corrected chi connectivity index (χ3v) is 9.71. The van der Waals surface area contributed by atoms with E-state index in [9.17, 15) is 4.79 Å². The fraction of sp³-hybridized carbons (Fsp3) is 0.0333. The highest BCUT2D eigenvalue weighted by Gasteiger charge is 2.48. The first-order valence-electron chi connectivity index (χ1n) is 11.1. The Kier molecular flexibility index (Phi) is 7.37. The topological polar surface area (TPSA) is 38.3 Å². The van der Waals surface area contributed by atoms with Crippen LogP contribution in [0.15, 0.2) is 145 Å². The van der Waals surface area contributed by atoms with Gasteiger partial charge in [-0.05, 0) is 55.5 Å². The van der Waals surface area contributed by atoms with E-state index in [1.165, 1.54) is 15.9 Å². The van der Waals surface area contributed by atoms with E-state index in [0.29, 0.717) is 11.4 Å². The monoisotopic (exact) mass is 464 g/mol. The summed E-state index contributed by atoms with van der Waals surface area (Å²) in [6, 6.07) is 40.6.